The van der Waals surface area contributed by atoms with Crippen LogP contribution < -0.4 is 4.90 Å². The Morgan fingerprint density at radius 3 is 2.58 bits per heavy atom. The third-order valence-electron chi connectivity index (χ3n) is 6.06. The van der Waals surface area contributed by atoms with Crippen LogP contribution in [-0.4, -0.2) is 53.3 Å². The third kappa shape index (κ3) is 4.78. The highest BCUT2D eigenvalue weighted by atomic mass is 32.2. The minimum Gasteiger partial charge on any atom is -0.364 e. The number of rotatable bonds is 6. The highest BCUT2D eigenvalue weighted by Crippen LogP contribution is 2.32. The maximum atomic E-state index is 13.4. The predicted molar refractivity (Wildman–Crippen MR) is 127 cm³/mol. The lowest BCUT2D eigenvalue weighted by Crippen LogP contribution is -2.49. The summed E-state index contributed by atoms with van der Waals surface area (Å²) in [6, 6.07) is 17.3. The van der Waals surface area contributed by atoms with Crippen molar-refractivity contribution in [2.24, 2.45) is 7.05 Å². The van der Waals surface area contributed by atoms with E-state index in [-0.39, 0.29) is 12.6 Å². The first-order valence-electron chi connectivity index (χ1n) is 10.8. The van der Waals surface area contributed by atoms with Crippen molar-refractivity contribution in [3.05, 3.63) is 83.4 Å². The second kappa shape index (κ2) is 9.35. The van der Waals surface area contributed by atoms with Gasteiger partial charge in [-0.25, -0.2) is 4.98 Å². The standard InChI is InChI=1S/C24H28N6O2S/c1-27(2)33(31,32)30-15-21-11-20(13-25)9-10-24(21)29(17-23-14-26-18-28(23)3)16-22(30)12-19-7-5-4-6-8-19/h4-11,14,18,22H,12,15-17H2,1-3H3. The van der Waals surface area contributed by atoms with Crippen molar-refractivity contribution in [3.8, 4) is 6.07 Å². The van der Waals surface area contributed by atoms with E-state index in [0.717, 1.165) is 22.5 Å². The van der Waals surface area contributed by atoms with Gasteiger partial charge in [-0.15, -0.1) is 0 Å². The molecule has 0 saturated carbocycles. The van der Waals surface area contributed by atoms with Gasteiger partial charge in [0.2, 0.25) is 0 Å². The van der Waals surface area contributed by atoms with Gasteiger partial charge in [-0.1, -0.05) is 30.3 Å². The first-order valence-corrected chi connectivity index (χ1v) is 12.2. The van der Waals surface area contributed by atoms with E-state index in [1.807, 2.05) is 54.2 Å². The van der Waals surface area contributed by atoms with Crippen LogP contribution >= 0.6 is 0 Å². The lowest BCUT2D eigenvalue weighted by Gasteiger charge is -2.33. The summed E-state index contributed by atoms with van der Waals surface area (Å²) < 4.78 is 31.7. The molecule has 1 unspecified atom stereocenters. The fraction of sp³-hybridized carbons (Fsp3) is 0.333. The molecule has 0 fully saturated rings. The van der Waals surface area contributed by atoms with Gasteiger partial charge in [0.05, 0.1) is 30.2 Å². The van der Waals surface area contributed by atoms with Crippen molar-refractivity contribution >= 4 is 15.9 Å². The van der Waals surface area contributed by atoms with Crippen LogP contribution in [0.25, 0.3) is 0 Å². The van der Waals surface area contributed by atoms with Gasteiger partial charge in [-0.3, -0.25) is 0 Å². The number of nitriles is 1. The van der Waals surface area contributed by atoms with Crippen molar-refractivity contribution in [3.63, 3.8) is 0 Å². The average Bonchev–Trinajstić information content (AvgIpc) is 3.13. The van der Waals surface area contributed by atoms with Gasteiger partial charge in [0, 0.05) is 52.2 Å². The Balaban J connectivity index is 1.82. The fourth-order valence-corrected chi connectivity index (χ4v) is 5.49. The molecule has 4 rings (SSSR count). The van der Waals surface area contributed by atoms with Crippen LogP contribution in [0.4, 0.5) is 5.69 Å². The highest BCUT2D eigenvalue weighted by Gasteiger charge is 2.37. The molecule has 0 aliphatic carbocycles. The zero-order valence-electron chi connectivity index (χ0n) is 19.1. The molecule has 1 aromatic heterocycles. The summed E-state index contributed by atoms with van der Waals surface area (Å²) in [6.07, 6.45) is 4.17. The number of aryl methyl sites for hydroxylation is 1. The lowest BCUT2D eigenvalue weighted by atomic mass is 10.1. The molecule has 1 aliphatic rings. The number of hydrogen-bond acceptors (Lipinski definition) is 5. The van der Waals surface area contributed by atoms with Crippen molar-refractivity contribution in [1.82, 2.24) is 18.2 Å². The average molecular weight is 465 g/mol. The molecule has 0 radical (unpaired) electrons. The Bertz CT molecular complexity index is 1260. The van der Waals surface area contributed by atoms with Crippen molar-refractivity contribution in [2.75, 3.05) is 25.5 Å². The second-order valence-electron chi connectivity index (χ2n) is 8.51. The molecule has 8 nitrogen and oxygen atoms in total. The minimum atomic E-state index is -3.71. The van der Waals surface area contributed by atoms with Crippen molar-refractivity contribution < 1.29 is 8.42 Å². The summed E-state index contributed by atoms with van der Waals surface area (Å²) in [5, 5.41) is 9.46. The first-order chi connectivity index (χ1) is 15.8. The number of hydrogen-bond donors (Lipinski definition) is 0. The highest BCUT2D eigenvalue weighted by molar-refractivity contribution is 7.86. The van der Waals surface area contributed by atoms with Gasteiger partial charge >= 0.3 is 0 Å². The van der Waals surface area contributed by atoms with Crippen LogP contribution in [0.1, 0.15) is 22.4 Å². The van der Waals surface area contributed by atoms with E-state index in [2.05, 4.69) is 16.0 Å². The van der Waals surface area contributed by atoms with E-state index in [4.69, 9.17) is 0 Å². The largest absolute Gasteiger partial charge is 0.364 e. The number of aromatic nitrogens is 2. The number of benzene rings is 2. The fourth-order valence-electron chi connectivity index (χ4n) is 4.25. The van der Waals surface area contributed by atoms with Gasteiger partial charge in [0.25, 0.3) is 10.2 Å². The van der Waals surface area contributed by atoms with Gasteiger partial charge in [0.15, 0.2) is 0 Å². The maximum Gasteiger partial charge on any atom is 0.282 e. The van der Waals surface area contributed by atoms with Crippen LogP contribution in [0, 0.1) is 11.3 Å². The lowest BCUT2D eigenvalue weighted by molar-refractivity contribution is 0.297. The van der Waals surface area contributed by atoms with Gasteiger partial charge < -0.3 is 9.47 Å². The van der Waals surface area contributed by atoms with E-state index in [1.165, 1.54) is 4.31 Å². The molecule has 1 aliphatic heterocycles. The van der Waals surface area contributed by atoms with Gasteiger partial charge in [-0.05, 0) is 35.7 Å². The SMILES string of the molecule is CN(C)S(=O)(=O)N1Cc2cc(C#N)ccc2N(Cc2cncn2C)CC1Cc1ccccc1. The van der Waals surface area contributed by atoms with Crippen LogP contribution in [-0.2, 0) is 36.8 Å². The molecule has 9 heteroatoms. The van der Waals surface area contributed by atoms with Crippen LogP contribution in [0.5, 0.6) is 0 Å². The van der Waals surface area contributed by atoms with E-state index in [1.54, 1.807) is 36.9 Å². The maximum absolute atomic E-state index is 13.4. The molecule has 0 saturated heterocycles. The molecule has 0 spiro atoms. The zero-order valence-corrected chi connectivity index (χ0v) is 19.9. The summed E-state index contributed by atoms with van der Waals surface area (Å²) in [5.41, 5.74) is 4.36. The molecule has 33 heavy (non-hydrogen) atoms. The Kier molecular flexibility index (Phi) is 6.51. The quantitative estimate of drug-likeness (QED) is 0.560. The normalized spacial score (nSPS) is 16.9. The Morgan fingerprint density at radius 1 is 1.18 bits per heavy atom. The van der Waals surface area contributed by atoms with Gasteiger partial charge in [-0.2, -0.15) is 22.3 Å². The second-order valence-corrected chi connectivity index (χ2v) is 10.6. The molecule has 0 bridgehead atoms. The summed E-state index contributed by atoms with van der Waals surface area (Å²) in [4.78, 5) is 6.44. The van der Waals surface area contributed by atoms with Crippen molar-refractivity contribution in [1.29, 1.82) is 5.26 Å². The summed E-state index contributed by atoms with van der Waals surface area (Å²) in [5.74, 6) is 0. The zero-order chi connectivity index (χ0) is 23.6. The van der Waals surface area contributed by atoms with E-state index in [0.29, 0.717) is 25.1 Å². The van der Waals surface area contributed by atoms with Gasteiger partial charge in [0.1, 0.15) is 0 Å². The molecule has 172 valence electrons. The van der Waals surface area contributed by atoms with Crippen molar-refractivity contribution in [2.45, 2.75) is 25.6 Å². The number of imidazole rings is 1. The number of anilines is 1. The molecular weight excluding hydrogens is 436 g/mol. The topological polar surface area (TPSA) is 85.5 Å². The first kappa shape index (κ1) is 23.0. The van der Waals surface area contributed by atoms with Crippen LogP contribution in [0.2, 0.25) is 0 Å². The number of fused-ring (bicyclic) bond motifs is 1. The molecule has 3 aromatic rings. The Hall–Kier alpha value is -3.19. The molecule has 2 aromatic carbocycles. The summed E-state index contributed by atoms with van der Waals surface area (Å²) in [6.45, 7) is 1.29. The van der Waals surface area contributed by atoms with E-state index >= 15 is 0 Å². The smallest absolute Gasteiger partial charge is 0.282 e. The third-order valence-corrected chi connectivity index (χ3v) is 8.00. The number of nitrogens with zero attached hydrogens (tertiary/aromatic N) is 6. The Morgan fingerprint density at radius 2 is 1.94 bits per heavy atom. The molecule has 1 atom stereocenters. The summed E-state index contributed by atoms with van der Waals surface area (Å²) >= 11 is 0. The molecule has 0 N–H and O–H groups in total. The van der Waals surface area contributed by atoms with Crippen LogP contribution in [0.15, 0.2) is 61.1 Å². The predicted octanol–water partition coefficient (Wildman–Crippen LogP) is 2.53. The molecule has 0 amide bonds. The molecule has 2 heterocycles. The van der Waals surface area contributed by atoms with E-state index < -0.39 is 10.2 Å². The van der Waals surface area contributed by atoms with Crippen LogP contribution in [0.3, 0.4) is 0 Å². The Labute approximate surface area is 195 Å². The molecular formula is C24H28N6O2S. The minimum absolute atomic E-state index is 0.199. The summed E-state index contributed by atoms with van der Waals surface area (Å²) in [7, 11) is 1.35. The van der Waals surface area contributed by atoms with E-state index in [9.17, 15) is 13.7 Å². The monoisotopic (exact) mass is 464 g/mol.